The van der Waals surface area contributed by atoms with Crippen LogP contribution in [0.2, 0.25) is 0 Å². The second-order valence-corrected chi connectivity index (χ2v) is 6.51. The molecule has 0 aromatic carbocycles. The van der Waals surface area contributed by atoms with Gasteiger partial charge in [-0.25, -0.2) is 4.98 Å². The molecule has 1 unspecified atom stereocenters. The van der Waals surface area contributed by atoms with Gasteiger partial charge in [0.15, 0.2) is 0 Å². The Bertz CT molecular complexity index is 558. The number of hydrogen-bond acceptors (Lipinski definition) is 5. The SMILES string of the molecule is Cc1ccc(C(C)(O)CNCc2csc(C(C)C)n2)o1. The van der Waals surface area contributed by atoms with Crippen LogP contribution in [0.5, 0.6) is 0 Å². The van der Waals surface area contributed by atoms with E-state index < -0.39 is 5.60 Å². The predicted octanol–water partition coefficient (Wildman–Crippen LogP) is 3.17. The molecule has 1 atom stereocenters. The van der Waals surface area contributed by atoms with Crippen LogP contribution in [0, 0.1) is 6.92 Å². The van der Waals surface area contributed by atoms with Gasteiger partial charge >= 0.3 is 0 Å². The highest BCUT2D eigenvalue weighted by molar-refractivity contribution is 7.09. The first-order chi connectivity index (χ1) is 9.38. The summed E-state index contributed by atoms with van der Waals surface area (Å²) in [6.07, 6.45) is 0. The van der Waals surface area contributed by atoms with E-state index in [1.165, 1.54) is 0 Å². The molecule has 4 nitrogen and oxygen atoms in total. The molecule has 0 spiro atoms. The number of aromatic nitrogens is 1. The molecule has 2 N–H and O–H groups in total. The summed E-state index contributed by atoms with van der Waals surface area (Å²) < 4.78 is 5.48. The first-order valence-corrected chi connectivity index (χ1v) is 7.71. The summed E-state index contributed by atoms with van der Waals surface area (Å²) in [6.45, 7) is 8.97. The number of nitrogens with zero attached hydrogens (tertiary/aromatic N) is 1. The minimum atomic E-state index is -1.01. The van der Waals surface area contributed by atoms with Crippen LogP contribution in [-0.2, 0) is 12.1 Å². The minimum absolute atomic E-state index is 0.425. The summed E-state index contributed by atoms with van der Waals surface area (Å²) in [5, 5.41) is 16.8. The van der Waals surface area contributed by atoms with Gasteiger partial charge in [-0.2, -0.15) is 0 Å². The second kappa shape index (κ2) is 6.08. The Labute approximate surface area is 123 Å². The van der Waals surface area contributed by atoms with Crippen LogP contribution in [0.3, 0.4) is 0 Å². The van der Waals surface area contributed by atoms with E-state index in [4.69, 9.17) is 4.42 Å². The molecule has 20 heavy (non-hydrogen) atoms. The molecule has 0 aliphatic heterocycles. The molecular weight excluding hydrogens is 272 g/mol. The number of aliphatic hydroxyl groups is 1. The van der Waals surface area contributed by atoms with Gasteiger partial charge in [0.2, 0.25) is 0 Å². The van der Waals surface area contributed by atoms with Crippen molar-refractivity contribution < 1.29 is 9.52 Å². The van der Waals surface area contributed by atoms with E-state index >= 15 is 0 Å². The molecule has 0 amide bonds. The highest BCUT2D eigenvalue weighted by Crippen LogP contribution is 2.22. The number of hydrogen-bond donors (Lipinski definition) is 2. The average Bonchev–Trinajstić information content (AvgIpc) is 2.98. The molecule has 2 rings (SSSR count). The van der Waals surface area contributed by atoms with Crippen molar-refractivity contribution in [2.24, 2.45) is 0 Å². The van der Waals surface area contributed by atoms with Gasteiger partial charge in [-0.15, -0.1) is 11.3 Å². The van der Waals surface area contributed by atoms with Crippen LogP contribution >= 0.6 is 11.3 Å². The molecule has 0 bridgehead atoms. The van der Waals surface area contributed by atoms with Crippen LogP contribution in [0.1, 0.15) is 48.9 Å². The van der Waals surface area contributed by atoms with E-state index in [2.05, 4.69) is 29.5 Å². The van der Waals surface area contributed by atoms with Crippen LogP contribution in [0.4, 0.5) is 0 Å². The second-order valence-electron chi connectivity index (χ2n) is 5.62. The number of rotatable bonds is 6. The van der Waals surface area contributed by atoms with Gasteiger partial charge in [0.05, 0.1) is 10.7 Å². The van der Waals surface area contributed by atoms with Gasteiger partial charge in [-0.1, -0.05) is 13.8 Å². The van der Waals surface area contributed by atoms with Gasteiger partial charge in [0.1, 0.15) is 17.1 Å². The maximum atomic E-state index is 10.4. The molecule has 0 saturated heterocycles. The zero-order valence-corrected chi connectivity index (χ0v) is 13.3. The molecule has 2 aromatic heterocycles. The Morgan fingerprint density at radius 1 is 1.45 bits per heavy atom. The number of thiazole rings is 1. The fraction of sp³-hybridized carbons (Fsp3) is 0.533. The monoisotopic (exact) mass is 294 g/mol. The highest BCUT2D eigenvalue weighted by atomic mass is 32.1. The normalized spacial score (nSPS) is 14.7. The fourth-order valence-corrected chi connectivity index (χ4v) is 2.75. The third-order valence-corrected chi connectivity index (χ3v) is 4.30. The summed E-state index contributed by atoms with van der Waals surface area (Å²) in [4.78, 5) is 4.56. The van der Waals surface area contributed by atoms with Crippen LogP contribution in [0.25, 0.3) is 0 Å². The Hall–Kier alpha value is -1.17. The van der Waals surface area contributed by atoms with Crippen molar-refractivity contribution in [3.8, 4) is 0 Å². The molecule has 0 radical (unpaired) electrons. The molecule has 0 fully saturated rings. The predicted molar refractivity (Wildman–Crippen MR) is 80.9 cm³/mol. The van der Waals surface area contributed by atoms with Gasteiger partial charge in [-0.3, -0.25) is 0 Å². The van der Waals surface area contributed by atoms with Gasteiger partial charge in [-0.05, 0) is 26.0 Å². The Morgan fingerprint density at radius 2 is 2.20 bits per heavy atom. The van der Waals surface area contributed by atoms with Crippen LogP contribution in [-0.4, -0.2) is 16.6 Å². The summed E-state index contributed by atoms with van der Waals surface area (Å²) in [6, 6.07) is 3.68. The summed E-state index contributed by atoms with van der Waals surface area (Å²) in [5.41, 5.74) is 0.00986. The summed E-state index contributed by atoms with van der Waals surface area (Å²) in [5.74, 6) is 1.85. The Balaban J connectivity index is 1.88. The number of aryl methyl sites for hydroxylation is 1. The molecule has 2 aromatic rings. The van der Waals surface area contributed by atoms with E-state index in [0.29, 0.717) is 24.8 Å². The molecule has 0 aliphatic carbocycles. The summed E-state index contributed by atoms with van der Waals surface area (Å²) >= 11 is 1.68. The maximum absolute atomic E-state index is 10.4. The molecular formula is C15H22N2O2S. The molecule has 2 heterocycles. The fourth-order valence-electron chi connectivity index (χ4n) is 1.91. The van der Waals surface area contributed by atoms with Crippen molar-refractivity contribution in [1.29, 1.82) is 0 Å². The zero-order chi connectivity index (χ0) is 14.8. The van der Waals surface area contributed by atoms with Crippen molar-refractivity contribution in [2.75, 3.05) is 6.54 Å². The van der Waals surface area contributed by atoms with Gasteiger partial charge in [0, 0.05) is 24.4 Å². The lowest BCUT2D eigenvalue weighted by Crippen LogP contribution is -2.34. The molecule has 0 aliphatic rings. The molecule has 0 saturated carbocycles. The maximum Gasteiger partial charge on any atom is 0.136 e. The first-order valence-electron chi connectivity index (χ1n) is 6.83. The third-order valence-electron chi connectivity index (χ3n) is 3.11. The van der Waals surface area contributed by atoms with Gasteiger partial charge in [0.25, 0.3) is 0 Å². The standard InChI is InChI=1S/C15H22N2O2S/c1-10(2)14-17-12(8-20-14)7-16-9-15(4,18)13-6-5-11(3)19-13/h5-6,8,10,16,18H,7,9H2,1-4H3. The third kappa shape index (κ3) is 3.69. The zero-order valence-electron chi connectivity index (χ0n) is 12.4. The smallest absolute Gasteiger partial charge is 0.136 e. The molecule has 110 valence electrons. The first kappa shape index (κ1) is 15.2. The van der Waals surface area contributed by atoms with E-state index in [-0.39, 0.29) is 0 Å². The number of furan rings is 1. The van der Waals surface area contributed by atoms with Crippen molar-refractivity contribution in [3.63, 3.8) is 0 Å². The van der Waals surface area contributed by atoms with E-state index in [9.17, 15) is 5.11 Å². The van der Waals surface area contributed by atoms with Crippen molar-refractivity contribution in [3.05, 3.63) is 39.7 Å². The summed E-state index contributed by atoms with van der Waals surface area (Å²) in [7, 11) is 0. The van der Waals surface area contributed by atoms with E-state index in [0.717, 1.165) is 16.5 Å². The van der Waals surface area contributed by atoms with Crippen molar-refractivity contribution in [1.82, 2.24) is 10.3 Å². The lowest BCUT2D eigenvalue weighted by atomic mass is 10.0. The number of nitrogens with one attached hydrogen (secondary N) is 1. The van der Waals surface area contributed by atoms with E-state index in [1.54, 1.807) is 18.3 Å². The Morgan fingerprint density at radius 3 is 2.75 bits per heavy atom. The lowest BCUT2D eigenvalue weighted by molar-refractivity contribution is 0.0332. The molecule has 5 heteroatoms. The van der Waals surface area contributed by atoms with Gasteiger partial charge < -0.3 is 14.8 Å². The van der Waals surface area contributed by atoms with Crippen LogP contribution < -0.4 is 5.32 Å². The van der Waals surface area contributed by atoms with Crippen molar-refractivity contribution >= 4 is 11.3 Å². The van der Waals surface area contributed by atoms with Crippen LogP contribution in [0.15, 0.2) is 21.9 Å². The van der Waals surface area contributed by atoms with Crippen molar-refractivity contribution in [2.45, 2.75) is 45.8 Å². The average molecular weight is 294 g/mol. The quantitative estimate of drug-likeness (QED) is 0.859. The van der Waals surface area contributed by atoms with E-state index in [1.807, 2.05) is 19.1 Å². The Kier molecular flexibility index (Phi) is 4.62. The largest absolute Gasteiger partial charge is 0.463 e. The minimum Gasteiger partial charge on any atom is -0.463 e. The highest BCUT2D eigenvalue weighted by Gasteiger charge is 2.26. The lowest BCUT2D eigenvalue weighted by Gasteiger charge is -2.21. The topological polar surface area (TPSA) is 58.3 Å².